The van der Waals surface area contributed by atoms with Gasteiger partial charge in [-0.15, -0.1) is 0 Å². The number of rotatable bonds is 5. The van der Waals surface area contributed by atoms with Crippen LogP contribution in [0.15, 0.2) is 12.3 Å². The predicted octanol–water partition coefficient (Wildman–Crippen LogP) is 3.86. The molecule has 0 aliphatic heterocycles. The van der Waals surface area contributed by atoms with E-state index in [1.54, 1.807) is 6.20 Å². The molecule has 1 amide bonds. The number of carbonyl (C=O) groups excluding carboxylic acids is 1. The minimum atomic E-state index is -0.438. The Morgan fingerprint density at radius 3 is 2.70 bits per heavy atom. The van der Waals surface area contributed by atoms with Crippen LogP contribution in [0.1, 0.15) is 58.7 Å². The van der Waals surface area contributed by atoms with Gasteiger partial charge < -0.3 is 11.1 Å². The molecule has 1 heterocycles. The van der Waals surface area contributed by atoms with Crippen LogP contribution in [0.25, 0.3) is 0 Å². The minimum absolute atomic E-state index is 0.0229. The highest BCUT2D eigenvalue weighted by Gasteiger charge is 2.23. The molecule has 0 aromatic carbocycles. The molecule has 0 aliphatic carbocycles. The van der Waals surface area contributed by atoms with E-state index in [0.29, 0.717) is 0 Å². The summed E-state index contributed by atoms with van der Waals surface area (Å²) in [7, 11) is 0. The van der Waals surface area contributed by atoms with E-state index in [4.69, 9.17) is 5.73 Å². The Morgan fingerprint density at radius 2 is 2.15 bits per heavy atom. The number of nitrogens with one attached hydrogen (secondary N) is 1. The molecule has 0 radical (unpaired) electrons. The first-order chi connectivity index (χ1) is 9.25. The molecule has 1 aromatic rings. The Kier molecular flexibility index (Phi) is 6.39. The first kappa shape index (κ1) is 17.4. The molecule has 0 fully saturated rings. The Bertz CT molecular complexity index is 469. The van der Waals surface area contributed by atoms with Crippen LogP contribution < -0.4 is 11.1 Å². The van der Waals surface area contributed by atoms with E-state index in [-0.39, 0.29) is 11.9 Å². The molecule has 1 atom stereocenters. The molecular weight excluding hydrogens is 365 g/mol. The summed E-state index contributed by atoms with van der Waals surface area (Å²) in [6.45, 7) is 7.80. The topological polar surface area (TPSA) is 68.0 Å². The summed E-state index contributed by atoms with van der Waals surface area (Å²) in [5.74, 6) is -0.0229. The van der Waals surface area contributed by atoms with Crippen molar-refractivity contribution in [2.24, 2.45) is 11.1 Å². The van der Waals surface area contributed by atoms with E-state index in [2.05, 4.69) is 39.8 Å². The van der Waals surface area contributed by atoms with Crippen molar-refractivity contribution in [2.75, 3.05) is 5.32 Å². The molecule has 4 nitrogen and oxygen atoms in total. The van der Waals surface area contributed by atoms with Gasteiger partial charge in [-0.3, -0.25) is 9.78 Å². The quantitative estimate of drug-likeness (QED) is 0.752. The van der Waals surface area contributed by atoms with Gasteiger partial charge in [-0.05, 0) is 35.1 Å². The number of pyridine rings is 1. The van der Waals surface area contributed by atoms with Gasteiger partial charge in [0, 0.05) is 21.2 Å². The van der Waals surface area contributed by atoms with Gasteiger partial charge in [0.2, 0.25) is 5.91 Å². The average Bonchev–Trinajstić information content (AvgIpc) is 2.35. The molecule has 1 rings (SSSR count). The zero-order valence-corrected chi connectivity index (χ0v) is 14.8. The van der Waals surface area contributed by atoms with Gasteiger partial charge >= 0.3 is 0 Å². The van der Waals surface area contributed by atoms with Crippen molar-refractivity contribution >= 4 is 34.2 Å². The third kappa shape index (κ3) is 5.01. The van der Waals surface area contributed by atoms with Crippen molar-refractivity contribution in [1.29, 1.82) is 0 Å². The van der Waals surface area contributed by atoms with Gasteiger partial charge in [-0.1, -0.05) is 40.5 Å². The van der Waals surface area contributed by atoms with E-state index in [9.17, 15) is 4.79 Å². The van der Waals surface area contributed by atoms with Crippen LogP contribution in [0.2, 0.25) is 0 Å². The molecule has 5 heteroatoms. The van der Waals surface area contributed by atoms with Gasteiger partial charge in [0.25, 0.3) is 0 Å². The average molecular weight is 389 g/mol. The fourth-order valence-corrected chi connectivity index (χ4v) is 2.17. The summed E-state index contributed by atoms with van der Waals surface area (Å²) < 4.78 is 0.984. The number of unbranched alkanes of at least 4 members (excludes halogenated alkanes) is 1. The summed E-state index contributed by atoms with van der Waals surface area (Å²) >= 11 is 2.19. The van der Waals surface area contributed by atoms with E-state index in [1.165, 1.54) is 0 Å². The number of hydrogen-bond donors (Lipinski definition) is 2. The molecule has 0 saturated heterocycles. The second-order valence-electron chi connectivity index (χ2n) is 6.04. The van der Waals surface area contributed by atoms with Crippen molar-refractivity contribution in [1.82, 2.24) is 4.98 Å². The van der Waals surface area contributed by atoms with Gasteiger partial charge in [0.1, 0.15) is 0 Å². The lowest BCUT2D eigenvalue weighted by molar-refractivity contribution is -0.123. The highest BCUT2D eigenvalue weighted by Crippen LogP contribution is 2.26. The number of anilines is 1. The third-order valence-electron chi connectivity index (χ3n) is 3.03. The smallest absolute Gasteiger partial charge is 0.229 e. The largest absolute Gasteiger partial charge is 0.324 e. The van der Waals surface area contributed by atoms with E-state index >= 15 is 0 Å². The van der Waals surface area contributed by atoms with Crippen molar-refractivity contribution in [2.45, 2.75) is 53.0 Å². The fourth-order valence-electron chi connectivity index (χ4n) is 1.72. The molecule has 0 spiro atoms. The summed E-state index contributed by atoms with van der Waals surface area (Å²) in [5, 5.41) is 2.96. The Hall–Kier alpha value is -0.690. The molecule has 0 saturated carbocycles. The molecule has 0 unspecified atom stereocenters. The van der Waals surface area contributed by atoms with Crippen molar-refractivity contribution in [3.63, 3.8) is 0 Å². The SMILES string of the molecule is CCCC[C@H](N)c1ncc(I)cc1NC(=O)C(C)(C)C. The number of carbonyl (C=O) groups is 1. The molecule has 0 bridgehead atoms. The van der Waals surface area contributed by atoms with Gasteiger partial charge in [-0.2, -0.15) is 0 Å². The minimum Gasteiger partial charge on any atom is -0.324 e. The van der Waals surface area contributed by atoms with Crippen molar-refractivity contribution in [3.05, 3.63) is 21.5 Å². The van der Waals surface area contributed by atoms with E-state index in [0.717, 1.165) is 34.2 Å². The van der Waals surface area contributed by atoms with Crippen LogP contribution in [0, 0.1) is 8.99 Å². The van der Waals surface area contributed by atoms with Crippen LogP contribution in [-0.2, 0) is 4.79 Å². The second-order valence-corrected chi connectivity index (χ2v) is 7.28. The summed E-state index contributed by atoms with van der Waals surface area (Å²) in [6, 6.07) is 1.79. The molecule has 0 aliphatic rings. The van der Waals surface area contributed by atoms with Crippen LogP contribution >= 0.6 is 22.6 Å². The van der Waals surface area contributed by atoms with Crippen LogP contribution in [-0.4, -0.2) is 10.9 Å². The monoisotopic (exact) mass is 389 g/mol. The van der Waals surface area contributed by atoms with Gasteiger partial charge in [0.05, 0.1) is 11.4 Å². The lowest BCUT2D eigenvalue weighted by Gasteiger charge is -2.21. The maximum absolute atomic E-state index is 12.2. The molecule has 112 valence electrons. The molecule has 20 heavy (non-hydrogen) atoms. The van der Waals surface area contributed by atoms with Crippen LogP contribution in [0.5, 0.6) is 0 Å². The summed E-state index contributed by atoms with van der Waals surface area (Å²) in [5.41, 5.74) is 7.27. The standard InChI is InChI=1S/C15H24IN3O/c1-5-6-7-11(17)13-12(8-10(16)9-18-13)19-14(20)15(2,3)4/h8-9,11H,5-7,17H2,1-4H3,(H,19,20)/t11-/m0/s1. The zero-order chi connectivity index (χ0) is 15.3. The lowest BCUT2D eigenvalue weighted by atomic mass is 9.95. The zero-order valence-electron chi connectivity index (χ0n) is 12.7. The highest BCUT2D eigenvalue weighted by molar-refractivity contribution is 14.1. The molecular formula is C15H24IN3O. The van der Waals surface area contributed by atoms with Crippen molar-refractivity contribution in [3.8, 4) is 0 Å². The summed E-state index contributed by atoms with van der Waals surface area (Å²) in [6.07, 6.45) is 4.82. The highest BCUT2D eigenvalue weighted by atomic mass is 127. The second kappa shape index (κ2) is 7.36. The van der Waals surface area contributed by atoms with Crippen molar-refractivity contribution < 1.29 is 4.79 Å². The Labute approximate surface area is 135 Å². The lowest BCUT2D eigenvalue weighted by Crippen LogP contribution is -2.29. The first-order valence-corrected chi connectivity index (χ1v) is 8.06. The number of halogens is 1. The Morgan fingerprint density at radius 1 is 1.50 bits per heavy atom. The fraction of sp³-hybridized carbons (Fsp3) is 0.600. The molecule has 1 aromatic heterocycles. The number of aromatic nitrogens is 1. The van der Waals surface area contributed by atoms with E-state index in [1.807, 2.05) is 26.8 Å². The van der Waals surface area contributed by atoms with Crippen LogP contribution in [0.3, 0.4) is 0 Å². The van der Waals surface area contributed by atoms with Crippen LogP contribution in [0.4, 0.5) is 5.69 Å². The number of nitrogens with two attached hydrogens (primary N) is 1. The Balaban J connectivity index is 2.99. The number of amides is 1. The normalized spacial score (nSPS) is 13.1. The number of hydrogen-bond acceptors (Lipinski definition) is 3. The summed E-state index contributed by atoms with van der Waals surface area (Å²) in [4.78, 5) is 16.6. The van der Waals surface area contributed by atoms with E-state index < -0.39 is 5.41 Å². The maximum Gasteiger partial charge on any atom is 0.229 e. The number of nitrogens with zero attached hydrogens (tertiary/aromatic N) is 1. The van der Waals surface area contributed by atoms with Gasteiger partial charge in [-0.25, -0.2) is 0 Å². The third-order valence-corrected chi connectivity index (χ3v) is 3.62. The van der Waals surface area contributed by atoms with Gasteiger partial charge in [0.15, 0.2) is 0 Å². The first-order valence-electron chi connectivity index (χ1n) is 6.98. The maximum atomic E-state index is 12.2. The molecule has 3 N–H and O–H groups in total. The predicted molar refractivity (Wildman–Crippen MR) is 91.5 cm³/mol.